The molecule has 0 saturated carbocycles. The summed E-state index contributed by atoms with van der Waals surface area (Å²) >= 11 is 3.26. The van der Waals surface area contributed by atoms with Crippen LogP contribution in [0.5, 0.6) is 5.88 Å². The Balaban J connectivity index is 2.16. The fourth-order valence-corrected chi connectivity index (χ4v) is 1.36. The lowest BCUT2D eigenvalue weighted by atomic mass is 10.5. The van der Waals surface area contributed by atoms with Gasteiger partial charge in [0.1, 0.15) is 16.6 Å². The standard InChI is InChI=1S/C10H16BrN3O3/c1-15-5-6-16-3-2-4-17-10-8(11)9(12)13-7-14-10/h7H,2-6H2,1H3,(H2,12,13,14). The smallest absolute Gasteiger partial charge is 0.233 e. The van der Waals surface area contributed by atoms with Gasteiger partial charge in [0.25, 0.3) is 0 Å². The summed E-state index contributed by atoms with van der Waals surface area (Å²) in [5.41, 5.74) is 5.59. The van der Waals surface area contributed by atoms with Crippen LogP contribution in [0.25, 0.3) is 0 Å². The predicted octanol–water partition coefficient (Wildman–Crippen LogP) is 1.25. The number of aromatic nitrogens is 2. The molecule has 0 spiro atoms. The number of halogens is 1. The molecule has 0 aromatic carbocycles. The van der Waals surface area contributed by atoms with E-state index in [-0.39, 0.29) is 0 Å². The van der Waals surface area contributed by atoms with Gasteiger partial charge in [0.15, 0.2) is 0 Å². The molecule has 0 fully saturated rings. The molecule has 1 aromatic rings. The molecule has 6 nitrogen and oxygen atoms in total. The minimum Gasteiger partial charge on any atom is -0.477 e. The summed E-state index contributed by atoms with van der Waals surface area (Å²) < 4.78 is 16.2. The van der Waals surface area contributed by atoms with E-state index in [1.807, 2.05) is 0 Å². The average molecular weight is 306 g/mol. The van der Waals surface area contributed by atoms with E-state index in [4.69, 9.17) is 19.9 Å². The number of ether oxygens (including phenoxy) is 3. The maximum atomic E-state index is 5.59. The van der Waals surface area contributed by atoms with Gasteiger partial charge in [0, 0.05) is 20.1 Å². The van der Waals surface area contributed by atoms with Crippen LogP contribution in [-0.2, 0) is 9.47 Å². The zero-order chi connectivity index (χ0) is 12.5. The first-order valence-electron chi connectivity index (χ1n) is 5.21. The van der Waals surface area contributed by atoms with Crippen molar-refractivity contribution in [2.75, 3.05) is 39.3 Å². The summed E-state index contributed by atoms with van der Waals surface area (Å²) in [5, 5.41) is 0. The SMILES string of the molecule is COCCOCCCOc1ncnc(N)c1Br. The van der Waals surface area contributed by atoms with Crippen molar-refractivity contribution in [2.45, 2.75) is 6.42 Å². The lowest BCUT2D eigenvalue weighted by Crippen LogP contribution is -2.08. The van der Waals surface area contributed by atoms with Crippen molar-refractivity contribution in [3.05, 3.63) is 10.8 Å². The lowest BCUT2D eigenvalue weighted by Gasteiger charge is -2.07. The van der Waals surface area contributed by atoms with Crippen molar-refractivity contribution < 1.29 is 14.2 Å². The molecule has 0 aliphatic rings. The third-order valence-electron chi connectivity index (χ3n) is 1.89. The molecule has 1 rings (SSSR count). The highest BCUT2D eigenvalue weighted by Gasteiger charge is 2.06. The van der Waals surface area contributed by atoms with Gasteiger partial charge in [-0.2, -0.15) is 0 Å². The summed E-state index contributed by atoms with van der Waals surface area (Å²) in [4.78, 5) is 7.78. The van der Waals surface area contributed by atoms with Gasteiger partial charge >= 0.3 is 0 Å². The van der Waals surface area contributed by atoms with Crippen molar-refractivity contribution in [3.8, 4) is 5.88 Å². The number of nitrogen functional groups attached to an aromatic ring is 1. The summed E-state index contributed by atoms with van der Waals surface area (Å²) in [5.74, 6) is 0.820. The van der Waals surface area contributed by atoms with Gasteiger partial charge in [-0.25, -0.2) is 9.97 Å². The van der Waals surface area contributed by atoms with E-state index in [2.05, 4.69) is 25.9 Å². The van der Waals surface area contributed by atoms with Gasteiger partial charge in [0.05, 0.1) is 19.8 Å². The van der Waals surface area contributed by atoms with Gasteiger partial charge in [-0.1, -0.05) is 0 Å². The second-order valence-corrected chi connectivity index (χ2v) is 3.98. The number of hydrogen-bond donors (Lipinski definition) is 1. The Morgan fingerprint density at radius 3 is 2.82 bits per heavy atom. The maximum absolute atomic E-state index is 5.59. The van der Waals surface area contributed by atoms with Gasteiger partial charge in [-0.3, -0.25) is 0 Å². The van der Waals surface area contributed by atoms with E-state index >= 15 is 0 Å². The second kappa shape index (κ2) is 8.21. The zero-order valence-electron chi connectivity index (χ0n) is 9.69. The number of hydrogen-bond acceptors (Lipinski definition) is 6. The molecule has 0 radical (unpaired) electrons. The Bertz CT molecular complexity index is 339. The fourth-order valence-electron chi connectivity index (χ4n) is 1.04. The quantitative estimate of drug-likeness (QED) is 0.728. The molecule has 0 atom stereocenters. The normalized spacial score (nSPS) is 10.5. The topological polar surface area (TPSA) is 79.5 Å². The van der Waals surface area contributed by atoms with Crippen LogP contribution < -0.4 is 10.5 Å². The van der Waals surface area contributed by atoms with Gasteiger partial charge in [-0.15, -0.1) is 0 Å². The first-order valence-corrected chi connectivity index (χ1v) is 6.00. The molecule has 7 heteroatoms. The molecule has 1 aromatic heterocycles. The Morgan fingerprint density at radius 2 is 2.06 bits per heavy atom. The first-order chi connectivity index (χ1) is 8.25. The van der Waals surface area contributed by atoms with Crippen LogP contribution in [0.15, 0.2) is 10.8 Å². The van der Waals surface area contributed by atoms with Crippen molar-refractivity contribution in [2.24, 2.45) is 0 Å². The molecule has 17 heavy (non-hydrogen) atoms. The number of nitrogens with two attached hydrogens (primary N) is 1. The van der Waals surface area contributed by atoms with Crippen molar-refractivity contribution in [1.82, 2.24) is 9.97 Å². The largest absolute Gasteiger partial charge is 0.477 e. The highest BCUT2D eigenvalue weighted by atomic mass is 79.9. The van der Waals surface area contributed by atoms with E-state index in [1.165, 1.54) is 6.33 Å². The van der Waals surface area contributed by atoms with Gasteiger partial charge in [0.2, 0.25) is 5.88 Å². The van der Waals surface area contributed by atoms with Gasteiger partial charge in [-0.05, 0) is 15.9 Å². The number of rotatable bonds is 8. The van der Waals surface area contributed by atoms with Crippen LogP contribution in [0, 0.1) is 0 Å². The van der Waals surface area contributed by atoms with Crippen LogP contribution >= 0.6 is 15.9 Å². The molecule has 96 valence electrons. The molecule has 0 bridgehead atoms. The monoisotopic (exact) mass is 305 g/mol. The van der Waals surface area contributed by atoms with Crippen LogP contribution in [0.1, 0.15) is 6.42 Å². The Labute approximate surface area is 109 Å². The van der Waals surface area contributed by atoms with E-state index < -0.39 is 0 Å². The Kier molecular flexibility index (Phi) is 6.83. The third-order valence-corrected chi connectivity index (χ3v) is 2.63. The molecule has 2 N–H and O–H groups in total. The lowest BCUT2D eigenvalue weighted by molar-refractivity contribution is 0.0641. The molecule has 0 aliphatic carbocycles. The molecule has 0 amide bonds. The summed E-state index contributed by atoms with van der Waals surface area (Å²) in [7, 11) is 1.64. The Morgan fingerprint density at radius 1 is 1.24 bits per heavy atom. The van der Waals surface area contributed by atoms with E-state index in [0.29, 0.717) is 42.6 Å². The Hall–Kier alpha value is -0.920. The van der Waals surface area contributed by atoms with Crippen molar-refractivity contribution in [1.29, 1.82) is 0 Å². The molecular weight excluding hydrogens is 290 g/mol. The fraction of sp³-hybridized carbons (Fsp3) is 0.600. The summed E-state index contributed by atoms with van der Waals surface area (Å²) in [6.45, 7) is 2.35. The number of anilines is 1. The number of nitrogens with zero attached hydrogens (tertiary/aromatic N) is 2. The van der Waals surface area contributed by atoms with Gasteiger partial charge < -0.3 is 19.9 Å². The summed E-state index contributed by atoms with van der Waals surface area (Å²) in [6.07, 6.45) is 2.14. The van der Waals surface area contributed by atoms with Crippen LogP contribution in [0.2, 0.25) is 0 Å². The minimum absolute atomic E-state index is 0.367. The summed E-state index contributed by atoms with van der Waals surface area (Å²) in [6, 6.07) is 0. The molecule has 1 heterocycles. The molecule has 0 aliphatic heterocycles. The third kappa shape index (κ3) is 5.29. The molecule has 0 unspecified atom stereocenters. The van der Waals surface area contributed by atoms with Crippen LogP contribution in [-0.4, -0.2) is 43.5 Å². The molecule has 0 saturated heterocycles. The van der Waals surface area contributed by atoms with Crippen molar-refractivity contribution >= 4 is 21.7 Å². The highest BCUT2D eigenvalue weighted by molar-refractivity contribution is 9.10. The number of methoxy groups -OCH3 is 1. The van der Waals surface area contributed by atoms with Crippen molar-refractivity contribution in [3.63, 3.8) is 0 Å². The van der Waals surface area contributed by atoms with E-state index in [0.717, 1.165) is 6.42 Å². The molecular formula is C10H16BrN3O3. The predicted molar refractivity (Wildman–Crippen MR) is 67.0 cm³/mol. The minimum atomic E-state index is 0.367. The van der Waals surface area contributed by atoms with E-state index in [9.17, 15) is 0 Å². The highest BCUT2D eigenvalue weighted by Crippen LogP contribution is 2.25. The van der Waals surface area contributed by atoms with E-state index in [1.54, 1.807) is 7.11 Å². The average Bonchev–Trinajstić information content (AvgIpc) is 2.33. The first kappa shape index (κ1) is 14.1. The zero-order valence-corrected chi connectivity index (χ0v) is 11.3. The second-order valence-electron chi connectivity index (χ2n) is 3.19. The van der Waals surface area contributed by atoms with Crippen LogP contribution in [0.3, 0.4) is 0 Å². The van der Waals surface area contributed by atoms with Crippen LogP contribution in [0.4, 0.5) is 5.82 Å². The maximum Gasteiger partial charge on any atom is 0.233 e.